The van der Waals surface area contributed by atoms with Gasteiger partial charge >= 0.3 is 0 Å². The molecule has 0 unspecified atom stereocenters. The summed E-state index contributed by atoms with van der Waals surface area (Å²) in [6.45, 7) is 2.14. The molecule has 0 bridgehead atoms. The van der Waals surface area contributed by atoms with Crippen molar-refractivity contribution in [2.45, 2.75) is 6.92 Å². The lowest BCUT2D eigenvalue weighted by Crippen LogP contribution is -2.24. The fourth-order valence-electron chi connectivity index (χ4n) is 2.54. The standard InChI is InChI=1S/C18H18NO/c1-13-12-17(14-8-5-4-6-9-14)20-16-11-7-10-15(18(13)16)19(2)3/h4-12H,1-3H3/q+1. The fraction of sp³-hybridized carbons (Fsp3) is 0.167. The first-order chi connectivity index (χ1) is 9.66. The van der Waals surface area contributed by atoms with Gasteiger partial charge in [0.1, 0.15) is 25.6 Å². The molecule has 100 valence electrons. The van der Waals surface area contributed by atoms with Crippen molar-refractivity contribution < 1.29 is 4.42 Å². The molecule has 0 N–H and O–H groups in total. The third kappa shape index (κ3) is 2.14. The number of nitrogens with zero attached hydrogens (tertiary/aromatic N) is 1. The van der Waals surface area contributed by atoms with Crippen LogP contribution in [0, 0.1) is 6.92 Å². The van der Waals surface area contributed by atoms with Crippen molar-refractivity contribution in [2.75, 3.05) is 14.1 Å². The average molecular weight is 264 g/mol. The molecular weight excluding hydrogens is 246 g/mol. The summed E-state index contributed by atoms with van der Waals surface area (Å²) in [6.07, 6.45) is 0. The van der Waals surface area contributed by atoms with Crippen LogP contribution in [0.4, 0.5) is 0 Å². The summed E-state index contributed by atoms with van der Waals surface area (Å²) in [4.78, 5) is 0. The van der Waals surface area contributed by atoms with Crippen molar-refractivity contribution >= 4 is 0 Å². The Labute approximate surface area is 119 Å². The molecule has 1 aromatic rings. The van der Waals surface area contributed by atoms with E-state index in [9.17, 15) is 0 Å². The zero-order valence-electron chi connectivity index (χ0n) is 12.1. The zero-order valence-corrected chi connectivity index (χ0v) is 12.1. The highest BCUT2D eigenvalue weighted by Crippen LogP contribution is 2.29. The van der Waals surface area contributed by atoms with Gasteiger partial charge in [-0.25, -0.2) is 4.58 Å². The Balaban J connectivity index is 2.32. The second kappa shape index (κ2) is 4.97. The molecule has 1 aliphatic heterocycles. The molecule has 1 aromatic carbocycles. The van der Waals surface area contributed by atoms with E-state index in [0.717, 1.165) is 17.1 Å². The van der Waals surface area contributed by atoms with Crippen LogP contribution in [-0.4, -0.2) is 14.1 Å². The predicted octanol–water partition coefficient (Wildman–Crippen LogP) is 3.39. The van der Waals surface area contributed by atoms with Gasteiger partial charge in [0.05, 0.1) is 5.56 Å². The first-order valence-electron chi connectivity index (χ1n) is 6.76. The van der Waals surface area contributed by atoms with Crippen molar-refractivity contribution in [1.82, 2.24) is 4.58 Å². The Morgan fingerprint density at radius 3 is 2.30 bits per heavy atom. The SMILES string of the molecule is Cc1cc(-c2ccccc2)oc2cccc(=[N+](C)C)c1-2. The number of rotatable bonds is 1. The summed E-state index contributed by atoms with van der Waals surface area (Å²) in [5.74, 6) is 1.83. The first kappa shape index (κ1) is 12.7. The number of hydrogen-bond donors (Lipinski definition) is 0. The van der Waals surface area contributed by atoms with Crippen molar-refractivity contribution in [2.24, 2.45) is 0 Å². The van der Waals surface area contributed by atoms with E-state index in [-0.39, 0.29) is 0 Å². The lowest BCUT2D eigenvalue weighted by Gasteiger charge is -2.10. The Bertz CT molecular complexity index is 780. The molecule has 0 fully saturated rings. The number of hydrogen-bond acceptors (Lipinski definition) is 1. The lowest BCUT2D eigenvalue weighted by molar-refractivity contribution is 0.577. The average Bonchev–Trinajstić information content (AvgIpc) is 2.47. The smallest absolute Gasteiger partial charge is 0.210 e. The van der Waals surface area contributed by atoms with Crippen molar-refractivity contribution in [1.29, 1.82) is 0 Å². The first-order valence-corrected chi connectivity index (χ1v) is 6.76. The summed E-state index contributed by atoms with van der Waals surface area (Å²) in [5.41, 5.74) is 3.51. The van der Waals surface area contributed by atoms with Gasteiger partial charge < -0.3 is 4.42 Å². The Morgan fingerprint density at radius 1 is 0.850 bits per heavy atom. The molecule has 1 heterocycles. The van der Waals surface area contributed by atoms with Gasteiger partial charge in [-0.3, -0.25) is 0 Å². The van der Waals surface area contributed by atoms with Crippen molar-refractivity contribution in [3.8, 4) is 22.6 Å². The van der Waals surface area contributed by atoms with Gasteiger partial charge in [-0.05, 0) is 24.6 Å². The Hall–Kier alpha value is -2.35. The van der Waals surface area contributed by atoms with E-state index in [2.05, 4.69) is 49.9 Å². The minimum Gasteiger partial charge on any atom is -0.456 e. The minimum absolute atomic E-state index is 0.909. The van der Waals surface area contributed by atoms with E-state index >= 15 is 0 Å². The number of benzene rings is 2. The van der Waals surface area contributed by atoms with E-state index in [1.807, 2.05) is 30.3 Å². The molecule has 2 aliphatic rings. The van der Waals surface area contributed by atoms with Crippen LogP contribution in [-0.2, 0) is 0 Å². The molecule has 0 atom stereocenters. The monoisotopic (exact) mass is 264 g/mol. The molecule has 2 heteroatoms. The van der Waals surface area contributed by atoms with Gasteiger partial charge in [-0.2, -0.15) is 0 Å². The van der Waals surface area contributed by atoms with Crippen LogP contribution < -0.4 is 9.93 Å². The third-order valence-corrected chi connectivity index (χ3v) is 3.51. The van der Waals surface area contributed by atoms with E-state index in [4.69, 9.17) is 4.42 Å². The number of aryl methyl sites for hydroxylation is 1. The third-order valence-electron chi connectivity index (χ3n) is 3.51. The molecule has 0 amide bonds. The fourth-order valence-corrected chi connectivity index (χ4v) is 2.54. The molecule has 0 saturated carbocycles. The molecule has 2 nitrogen and oxygen atoms in total. The van der Waals surface area contributed by atoms with Crippen LogP contribution in [0.2, 0.25) is 0 Å². The van der Waals surface area contributed by atoms with Gasteiger partial charge in [-0.15, -0.1) is 0 Å². The lowest BCUT2D eigenvalue weighted by atomic mass is 10.0. The second-order valence-electron chi connectivity index (χ2n) is 5.20. The van der Waals surface area contributed by atoms with E-state index in [1.54, 1.807) is 0 Å². The van der Waals surface area contributed by atoms with Crippen LogP contribution in [0.1, 0.15) is 5.56 Å². The van der Waals surface area contributed by atoms with Crippen LogP contribution in [0.3, 0.4) is 0 Å². The largest absolute Gasteiger partial charge is 0.456 e. The Kier molecular flexibility index (Phi) is 3.15. The molecule has 1 aliphatic carbocycles. The highest BCUT2D eigenvalue weighted by molar-refractivity contribution is 5.68. The second-order valence-corrected chi connectivity index (χ2v) is 5.20. The summed E-state index contributed by atoms with van der Waals surface area (Å²) >= 11 is 0. The molecule has 0 aromatic heterocycles. The van der Waals surface area contributed by atoms with Crippen LogP contribution >= 0.6 is 0 Å². The summed E-state index contributed by atoms with van der Waals surface area (Å²) in [7, 11) is 4.11. The Morgan fingerprint density at radius 2 is 1.60 bits per heavy atom. The van der Waals surface area contributed by atoms with Gasteiger partial charge in [0.2, 0.25) is 5.36 Å². The molecule has 20 heavy (non-hydrogen) atoms. The minimum atomic E-state index is 0.909. The maximum atomic E-state index is 6.09. The molecule has 3 rings (SSSR count). The summed E-state index contributed by atoms with van der Waals surface area (Å²) < 4.78 is 8.21. The summed E-state index contributed by atoms with van der Waals surface area (Å²) in [5, 5.41) is 1.18. The zero-order chi connectivity index (χ0) is 14.1. The highest BCUT2D eigenvalue weighted by atomic mass is 16.3. The van der Waals surface area contributed by atoms with E-state index in [1.165, 1.54) is 16.5 Å². The highest BCUT2D eigenvalue weighted by Gasteiger charge is 2.15. The van der Waals surface area contributed by atoms with Crippen LogP contribution in [0.15, 0.2) is 59.0 Å². The van der Waals surface area contributed by atoms with Crippen molar-refractivity contribution in [3.05, 3.63) is 65.5 Å². The predicted molar refractivity (Wildman–Crippen MR) is 82.6 cm³/mol. The molecular formula is C18H18NO+. The quantitative estimate of drug-likeness (QED) is 0.615. The maximum Gasteiger partial charge on any atom is 0.210 e. The van der Waals surface area contributed by atoms with E-state index < -0.39 is 0 Å². The van der Waals surface area contributed by atoms with Gasteiger partial charge in [-0.1, -0.05) is 36.4 Å². The molecule has 0 spiro atoms. The van der Waals surface area contributed by atoms with Gasteiger partial charge in [0, 0.05) is 11.6 Å². The van der Waals surface area contributed by atoms with Crippen molar-refractivity contribution in [3.63, 3.8) is 0 Å². The summed E-state index contributed by atoms with van der Waals surface area (Å²) in [6, 6.07) is 18.5. The maximum absolute atomic E-state index is 6.09. The van der Waals surface area contributed by atoms with E-state index in [0.29, 0.717) is 0 Å². The molecule has 0 saturated heterocycles. The normalized spacial score (nSPS) is 10.8. The number of fused-ring (bicyclic) bond motifs is 1. The topological polar surface area (TPSA) is 16.1 Å². The van der Waals surface area contributed by atoms with Gasteiger partial charge in [0.25, 0.3) is 0 Å². The molecule has 0 radical (unpaired) electrons. The van der Waals surface area contributed by atoms with Crippen LogP contribution in [0.25, 0.3) is 22.6 Å². The van der Waals surface area contributed by atoms with Crippen LogP contribution in [0.5, 0.6) is 0 Å². The van der Waals surface area contributed by atoms with Gasteiger partial charge in [0.15, 0.2) is 0 Å².